The number of carbonyl (C=O) groups is 1. The molecule has 0 aliphatic heterocycles. The predicted octanol–water partition coefficient (Wildman–Crippen LogP) is -1.64. The number of aromatic carboxylic acids is 1. The van der Waals surface area contributed by atoms with Crippen molar-refractivity contribution < 1.29 is 24.8 Å². The van der Waals surface area contributed by atoms with Crippen LogP contribution in [0.1, 0.15) is 10.5 Å². The minimum absolute atomic E-state index is 0.200. The SMILES string of the molecule is [B]Oc1c(C(=O)O)n(CC(O)CO)ccc1=O. The maximum atomic E-state index is 11.3. The molecule has 0 bridgehead atoms. The van der Waals surface area contributed by atoms with E-state index in [1.807, 2.05) is 0 Å². The molecule has 1 atom stereocenters. The van der Waals surface area contributed by atoms with Crippen LogP contribution in [0.15, 0.2) is 17.1 Å². The first-order valence-electron chi connectivity index (χ1n) is 4.63. The van der Waals surface area contributed by atoms with E-state index in [0.717, 1.165) is 10.6 Å². The topological polar surface area (TPSA) is 109 Å². The normalized spacial score (nSPS) is 12.1. The molecule has 0 fully saturated rings. The van der Waals surface area contributed by atoms with E-state index in [1.54, 1.807) is 0 Å². The molecule has 0 saturated heterocycles. The minimum Gasteiger partial charge on any atom is -0.564 e. The van der Waals surface area contributed by atoms with E-state index < -0.39 is 35.6 Å². The lowest BCUT2D eigenvalue weighted by Gasteiger charge is -2.15. The number of aliphatic hydroxyl groups is 2. The molecule has 17 heavy (non-hydrogen) atoms. The summed E-state index contributed by atoms with van der Waals surface area (Å²) in [5.74, 6) is -1.95. The van der Waals surface area contributed by atoms with Gasteiger partial charge in [-0.2, -0.15) is 0 Å². The Morgan fingerprint density at radius 2 is 2.24 bits per heavy atom. The Morgan fingerprint density at radius 3 is 2.71 bits per heavy atom. The van der Waals surface area contributed by atoms with Gasteiger partial charge in [-0.25, -0.2) is 4.79 Å². The summed E-state index contributed by atoms with van der Waals surface area (Å²) in [4.78, 5) is 22.3. The van der Waals surface area contributed by atoms with Crippen LogP contribution in [-0.4, -0.2) is 46.6 Å². The van der Waals surface area contributed by atoms with Crippen molar-refractivity contribution in [3.05, 3.63) is 28.2 Å². The van der Waals surface area contributed by atoms with Gasteiger partial charge in [-0.3, -0.25) is 4.79 Å². The van der Waals surface area contributed by atoms with Crippen molar-refractivity contribution in [2.45, 2.75) is 12.6 Å². The first-order valence-corrected chi connectivity index (χ1v) is 4.63. The Morgan fingerprint density at radius 1 is 1.59 bits per heavy atom. The highest BCUT2D eigenvalue weighted by molar-refractivity contribution is 6.01. The average Bonchev–Trinajstić information content (AvgIpc) is 2.30. The summed E-state index contributed by atoms with van der Waals surface area (Å²) in [7, 11) is 4.83. The van der Waals surface area contributed by atoms with E-state index in [4.69, 9.17) is 18.3 Å². The molecule has 1 heterocycles. The van der Waals surface area contributed by atoms with Crippen LogP contribution in [0.4, 0.5) is 0 Å². The quantitative estimate of drug-likeness (QED) is 0.532. The molecule has 0 amide bonds. The van der Waals surface area contributed by atoms with Gasteiger partial charge in [0.15, 0.2) is 11.4 Å². The largest absolute Gasteiger partial charge is 0.564 e. The number of carboxylic acids is 1. The third-order valence-electron chi connectivity index (χ3n) is 2.07. The van der Waals surface area contributed by atoms with E-state index >= 15 is 0 Å². The van der Waals surface area contributed by atoms with Gasteiger partial charge < -0.3 is 24.5 Å². The van der Waals surface area contributed by atoms with Gasteiger partial charge >= 0.3 is 14.0 Å². The molecule has 0 spiro atoms. The zero-order valence-electron chi connectivity index (χ0n) is 8.74. The number of aromatic nitrogens is 1. The van der Waals surface area contributed by atoms with Crippen molar-refractivity contribution in [1.82, 2.24) is 4.57 Å². The van der Waals surface area contributed by atoms with Gasteiger partial charge in [0.05, 0.1) is 19.3 Å². The van der Waals surface area contributed by atoms with Crippen LogP contribution >= 0.6 is 0 Å². The first kappa shape index (κ1) is 13.3. The maximum Gasteiger partial charge on any atom is 0.374 e. The Balaban J connectivity index is 3.30. The van der Waals surface area contributed by atoms with Crippen molar-refractivity contribution in [2.75, 3.05) is 6.61 Å². The van der Waals surface area contributed by atoms with Gasteiger partial charge in [0.1, 0.15) is 0 Å². The number of pyridine rings is 1. The second kappa shape index (κ2) is 5.51. The van der Waals surface area contributed by atoms with Crippen molar-refractivity contribution >= 4 is 14.0 Å². The maximum absolute atomic E-state index is 11.3. The third kappa shape index (κ3) is 2.86. The Labute approximate surface area is 97.3 Å². The summed E-state index contributed by atoms with van der Waals surface area (Å²) in [6.07, 6.45) is 0.0222. The van der Waals surface area contributed by atoms with Gasteiger partial charge in [-0.1, -0.05) is 0 Å². The molecule has 1 unspecified atom stereocenters. The number of hydrogen-bond acceptors (Lipinski definition) is 5. The molecule has 0 aliphatic carbocycles. The van der Waals surface area contributed by atoms with Crippen molar-refractivity contribution in [3.8, 4) is 5.75 Å². The fraction of sp³-hybridized carbons (Fsp3) is 0.333. The highest BCUT2D eigenvalue weighted by Crippen LogP contribution is 2.13. The van der Waals surface area contributed by atoms with Gasteiger partial charge in [0.25, 0.3) is 0 Å². The molecule has 2 radical (unpaired) electrons. The zero-order valence-corrected chi connectivity index (χ0v) is 8.74. The lowest BCUT2D eigenvalue weighted by atomic mass is 10.2. The third-order valence-corrected chi connectivity index (χ3v) is 2.07. The van der Waals surface area contributed by atoms with Gasteiger partial charge in [0, 0.05) is 12.3 Å². The number of nitrogens with zero attached hydrogens (tertiary/aromatic N) is 1. The molecular formula is C9H10BNO6. The monoisotopic (exact) mass is 239 g/mol. The number of carboxylic acid groups (broad SMARTS) is 1. The average molecular weight is 239 g/mol. The lowest BCUT2D eigenvalue weighted by molar-refractivity contribution is 0.0648. The zero-order chi connectivity index (χ0) is 13.0. The van der Waals surface area contributed by atoms with E-state index in [0.29, 0.717) is 0 Å². The molecule has 1 aromatic rings. The summed E-state index contributed by atoms with van der Waals surface area (Å²) < 4.78 is 5.30. The van der Waals surface area contributed by atoms with E-state index in [2.05, 4.69) is 4.65 Å². The molecule has 0 aliphatic rings. The minimum atomic E-state index is -1.42. The molecule has 3 N–H and O–H groups in total. The van der Waals surface area contributed by atoms with E-state index in [-0.39, 0.29) is 6.54 Å². The van der Waals surface area contributed by atoms with Crippen LogP contribution < -0.4 is 10.1 Å². The summed E-state index contributed by atoms with van der Waals surface area (Å²) in [6.45, 7) is -0.737. The second-order valence-corrected chi connectivity index (χ2v) is 3.27. The van der Waals surface area contributed by atoms with Crippen LogP contribution in [0.3, 0.4) is 0 Å². The smallest absolute Gasteiger partial charge is 0.374 e. The molecule has 0 aromatic carbocycles. The summed E-state index contributed by atoms with van der Waals surface area (Å²) in [6, 6.07) is 1.05. The van der Waals surface area contributed by atoms with Gasteiger partial charge in [0.2, 0.25) is 5.43 Å². The van der Waals surface area contributed by atoms with Crippen LogP contribution in [0.25, 0.3) is 0 Å². The highest BCUT2D eigenvalue weighted by Gasteiger charge is 2.19. The van der Waals surface area contributed by atoms with Crippen molar-refractivity contribution in [1.29, 1.82) is 0 Å². The molecule has 8 heteroatoms. The Bertz CT molecular complexity index is 471. The molecular weight excluding hydrogens is 229 g/mol. The molecule has 1 aromatic heterocycles. The Kier molecular flexibility index (Phi) is 4.30. The number of aliphatic hydroxyl groups excluding tert-OH is 2. The van der Waals surface area contributed by atoms with Crippen LogP contribution in [0.5, 0.6) is 5.75 Å². The Hall–Kier alpha value is -1.80. The summed E-state index contributed by atoms with van der Waals surface area (Å²) >= 11 is 0. The van der Waals surface area contributed by atoms with Crippen molar-refractivity contribution in [3.63, 3.8) is 0 Å². The molecule has 90 valence electrons. The highest BCUT2D eigenvalue weighted by atomic mass is 16.4. The van der Waals surface area contributed by atoms with Gasteiger partial charge in [-0.05, 0) is 0 Å². The predicted molar refractivity (Wildman–Crippen MR) is 57.1 cm³/mol. The standard InChI is InChI=1S/C9H10BNO6/c10-17-8-6(14)1-2-11(3-5(13)4-12)7(8)9(15)16/h1-2,5,12-13H,3-4H2,(H,15,16). The van der Waals surface area contributed by atoms with Crippen molar-refractivity contribution in [2.24, 2.45) is 0 Å². The van der Waals surface area contributed by atoms with Gasteiger partial charge in [-0.15, -0.1) is 0 Å². The molecule has 7 nitrogen and oxygen atoms in total. The summed E-state index contributed by atoms with van der Waals surface area (Å²) in [5, 5.41) is 26.9. The van der Waals surface area contributed by atoms with Crippen LogP contribution in [0, 0.1) is 0 Å². The number of hydrogen-bond donors (Lipinski definition) is 3. The van der Waals surface area contributed by atoms with E-state index in [9.17, 15) is 14.7 Å². The summed E-state index contributed by atoms with van der Waals surface area (Å²) in [5.41, 5.74) is -1.16. The second-order valence-electron chi connectivity index (χ2n) is 3.27. The lowest BCUT2D eigenvalue weighted by Crippen LogP contribution is -2.26. The van der Waals surface area contributed by atoms with Crippen LogP contribution in [0.2, 0.25) is 0 Å². The van der Waals surface area contributed by atoms with Crippen LogP contribution in [-0.2, 0) is 6.54 Å². The number of rotatable bonds is 5. The van der Waals surface area contributed by atoms with E-state index in [1.165, 1.54) is 6.20 Å². The first-order chi connectivity index (χ1) is 8.01. The fourth-order valence-corrected chi connectivity index (χ4v) is 1.33. The molecule has 1 rings (SSSR count). The molecule has 0 saturated carbocycles. The fourth-order valence-electron chi connectivity index (χ4n) is 1.33.